The van der Waals surface area contributed by atoms with Crippen LogP contribution in [0.4, 0.5) is 0 Å². The zero-order valence-corrected chi connectivity index (χ0v) is 10.1. The molecule has 0 saturated carbocycles. The SMILES string of the molecule is CCc1noc(C(C)NCc2ccccn2)n1. The number of aryl methyl sites for hydroxylation is 1. The monoisotopic (exact) mass is 232 g/mol. The van der Waals surface area contributed by atoms with Gasteiger partial charge in [-0.05, 0) is 19.1 Å². The fraction of sp³-hybridized carbons (Fsp3) is 0.417. The van der Waals surface area contributed by atoms with E-state index in [0.717, 1.165) is 17.9 Å². The van der Waals surface area contributed by atoms with E-state index in [1.165, 1.54) is 0 Å². The summed E-state index contributed by atoms with van der Waals surface area (Å²) in [4.78, 5) is 8.52. The fourth-order valence-corrected chi connectivity index (χ4v) is 1.43. The van der Waals surface area contributed by atoms with Crippen molar-refractivity contribution in [1.29, 1.82) is 0 Å². The first-order valence-corrected chi connectivity index (χ1v) is 5.75. The van der Waals surface area contributed by atoms with E-state index in [2.05, 4.69) is 20.4 Å². The van der Waals surface area contributed by atoms with Crippen LogP contribution < -0.4 is 5.32 Å². The van der Waals surface area contributed by atoms with Crippen molar-refractivity contribution in [3.63, 3.8) is 0 Å². The van der Waals surface area contributed by atoms with E-state index in [4.69, 9.17) is 4.52 Å². The van der Waals surface area contributed by atoms with Gasteiger partial charge in [0.1, 0.15) is 0 Å². The Morgan fingerprint density at radius 3 is 2.94 bits per heavy atom. The second-order valence-corrected chi connectivity index (χ2v) is 3.83. The molecule has 0 saturated heterocycles. The number of hydrogen-bond acceptors (Lipinski definition) is 5. The molecular weight excluding hydrogens is 216 g/mol. The lowest BCUT2D eigenvalue weighted by molar-refractivity contribution is 0.335. The third-order valence-electron chi connectivity index (χ3n) is 2.49. The molecule has 0 aliphatic carbocycles. The van der Waals surface area contributed by atoms with E-state index in [1.807, 2.05) is 32.0 Å². The Morgan fingerprint density at radius 2 is 2.29 bits per heavy atom. The van der Waals surface area contributed by atoms with E-state index in [0.29, 0.717) is 12.4 Å². The Labute approximate surface area is 100 Å². The van der Waals surface area contributed by atoms with Crippen molar-refractivity contribution in [2.75, 3.05) is 0 Å². The maximum absolute atomic E-state index is 5.16. The van der Waals surface area contributed by atoms with Crippen LogP contribution in [0.3, 0.4) is 0 Å². The molecule has 0 amide bonds. The normalized spacial score (nSPS) is 12.6. The van der Waals surface area contributed by atoms with Crippen molar-refractivity contribution >= 4 is 0 Å². The summed E-state index contributed by atoms with van der Waals surface area (Å²) in [6.07, 6.45) is 2.57. The fourth-order valence-electron chi connectivity index (χ4n) is 1.43. The summed E-state index contributed by atoms with van der Waals surface area (Å²) in [7, 11) is 0. The first kappa shape index (κ1) is 11.7. The molecule has 2 rings (SSSR count). The van der Waals surface area contributed by atoms with Gasteiger partial charge in [-0.25, -0.2) is 0 Å². The Kier molecular flexibility index (Phi) is 3.82. The molecule has 0 fully saturated rings. The summed E-state index contributed by atoms with van der Waals surface area (Å²) in [5.41, 5.74) is 0.995. The highest BCUT2D eigenvalue weighted by Crippen LogP contribution is 2.10. The molecule has 5 nitrogen and oxygen atoms in total. The molecule has 0 radical (unpaired) electrons. The summed E-state index contributed by atoms with van der Waals surface area (Å²) in [6, 6.07) is 5.88. The van der Waals surface area contributed by atoms with Crippen LogP contribution in [0.25, 0.3) is 0 Å². The van der Waals surface area contributed by atoms with Gasteiger partial charge < -0.3 is 9.84 Å². The van der Waals surface area contributed by atoms with Crippen LogP contribution in [0.2, 0.25) is 0 Å². The van der Waals surface area contributed by atoms with E-state index in [-0.39, 0.29) is 6.04 Å². The van der Waals surface area contributed by atoms with Gasteiger partial charge in [-0.3, -0.25) is 4.98 Å². The molecule has 2 aromatic rings. The van der Waals surface area contributed by atoms with Gasteiger partial charge in [0.15, 0.2) is 5.82 Å². The van der Waals surface area contributed by atoms with Crippen molar-refractivity contribution in [3.05, 3.63) is 41.8 Å². The van der Waals surface area contributed by atoms with E-state index < -0.39 is 0 Å². The summed E-state index contributed by atoms with van der Waals surface area (Å²) in [5.74, 6) is 1.37. The molecule has 5 heteroatoms. The van der Waals surface area contributed by atoms with Crippen LogP contribution >= 0.6 is 0 Å². The first-order valence-electron chi connectivity index (χ1n) is 5.75. The Balaban J connectivity index is 1.91. The summed E-state index contributed by atoms with van der Waals surface area (Å²) >= 11 is 0. The Morgan fingerprint density at radius 1 is 1.41 bits per heavy atom. The number of hydrogen-bond donors (Lipinski definition) is 1. The topological polar surface area (TPSA) is 63.8 Å². The quantitative estimate of drug-likeness (QED) is 0.852. The lowest BCUT2D eigenvalue weighted by atomic mass is 10.3. The number of nitrogens with zero attached hydrogens (tertiary/aromatic N) is 3. The highest BCUT2D eigenvalue weighted by atomic mass is 16.5. The molecule has 0 aliphatic rings. The third-order valence-corrected chi connectivity index (χ3v) is 2.49. The second-order valence-electron chi connectivity index (χ2n) is 3.83. The van der Waals surface area contributed by atoms with Crippen molar-refractivity contribution in [1.82, 2.24) is 20.4 Å². The summed E-state index contributed by atoms with van der Waals surface area (Å²) in [6.45, 7) is 4.68. The van der Waals surface area contributed by atoms with Gasteiger partial charge in [0.05, 0.1) is 11.7 Å². The smallest absolute Gasteiger partial charge is 0.243 e. The summed E-state index contributed by atoms with van der Waals surface area (Å²) in [5, 5.41) is 7.16. The molecule has 0 aromatic carbocycles. The molecule has 0 aliphatic heterocycles. The standard InChI is InChI=1S/C12H16N4O/c1-3-11-15-12(17-16-11)9(2)14-8-10-6-4-5-7-13-10/h4-7,9,14H,3,8H2,1-2H3. The van der Waals surface area contributed by atoms with Crippen LogP contribution in [0.1, 0.15) is 37.3 Å². The number of rotatable bonds is 5. The maximum Gasteiger partial charge on any atom is 0.243 e. The van der Waals surface area contributed by atoms with E-state index >= 15 is 0 Å². The van der Waals surface area contributed by atoms with Gasteiger partial charge in [0, 0.05) is 19.2 Å². The van der Waals surface area contributed by atoms with E-state index in [1.54, 1.807) is 6.20 Å². The minimum Gasteiger partial charge on any atom is -0.338 e. The Hall–Kier alpha value is -1.75. The Bertz CT molecular complexity index is 455. The van der Waals surface area contributed by atoms with Crippen molar-refractivity contribution in [3.8, 4) is 0 Å². The zero-order chi connectivity index (χ0) is 12.1. The molecule has 0 spiro atoms. The van der Waals surface area contributed by atoms with Gasteiger partial charge in [-0.2, -0.15) is 4.98 Å². The lowest BCUT2D eigenvalue weighted by Gasteiger charge is -2.08. The number of aromatic nitrogens is 3. The van der Waals surface area contributed by atoms with Crippen molar-refractivity contribution in [2.24, 2.45) is 0 Å². The zero-order valence-electron chi connectivity index (χ0n) is 10.1. The van der Waals surface area contributed by atoms with Gasteiger partial charge >= 0.3 is 0 Å². The van der Waals surface area contributed by atoms with Gasteiger partial charge in [-0.15, -0.1) is 0 Å². The van der Waals surface area contributed by atoms with Gasteiger partial charge in [0.2, 0.25) is 5.89 Å². The van der Waals surface area contributed by atoms with Crippen molar-refractivity contribution < 1.29 is 4.52 Å². The van der Waals surface area contributed by atoms with Crippen molar-refractivity contribution in [2.45, 2.75) is 32.9 Å². The number of pyridine rings is 1. The molecule has 1 N–H and O–H groups in total. The average Bonchev–Trinajstić information content (AvgIpc) is 2.86. The molecule has 1 atom stereocenters. The predicted octanol–water partition coefficient (Wildman–Crippen LogP) is 1.88. The highest BCUT2D eigenvalue weighted by molar-refractivity contribution is 5.03. The first-order chi connectivity index (χ1) is 8.29. The molecule has 1 unspecified atom stereocenters. The summed E-state index contributed by atoms with van der Waals surface area (Å²) < 4.78 is 5.16. The maximum atomic E-state index is 5.16. The van der Waals surface area contributed by atoms with Crippen LogP contribution in [-0.4, -0.2) is 15.1 Å². The minimum atomic E-state index is 0.0322. The van der Waals surface area contributed by atoms with Crippen LogP contribution in [0.5, 0.6) is 0 Å². The largest absolute Gasteiger partial charge is 0.338 e. The number of nitrogens with one attached hydrogen (secondary N) is 1. The van der Waals surface area contributed by atoms with Gasteiger partial charge in [0.25, 0.3) is 0 Å². The van der Waals surface area contributed by atoms with Crippen LogP contribution in [0.15, 0.2) is 28.9 Å². The van der Waals surface area contributed by atoms with Crippen LogP contribution in [-0.2, 0) is 13.0 Å². The minimum absolute atomic E-state index is 0.0322. The van der Waals surface area contributed by atoms with Gasteiger partial charge in [-0.1, -0.05) is 18.1 Å². The molecule has 17 heavy (non-hydrogen) atoms. The predicted molar refractivity (Wildman–Crippen MR) is 63.2 cm³/mol. The highest BCUT2D eigenvalue weighted by Gasteiger charge is 2.12. The molecule has 90 valence electrons. The third kappa shape index (κ3) is 3.10. The van der Waals surface area contributed by atoms with Crippen LogP contribution in [0, 0.1) is 0 Å². The average molecular weight is 232 g/mol. The second kappa shape index (κ2) is 5.54. The molecule has 0 bridgehead atoms. The molecule has 2 heterocycles. The lowest BCUT2D eigenvalue weighted by Crippen LogP contribution is -2.19. The molecule has 2 aromatic heterocycles. The molecular formula is C12H16N4O. The van der Waals surface area contributed by atoms with E-state index in [9.17, 15) is 0 Å².